The Bertz CT molecular complexity index is 1180. The van der Waals surface area contributed by atoms with Gasteiger partial charge in [-0.2, -0.15) is 5.26 Å². The number of fused-ring (bicyclic) bond motifs is 1. The predicted molar refractivity (Wildman–Crippen MR) is 133 cm³/mol. The van der Waals surface area contributed by atoms with Crippen LogP contribution in [0.5, 0.6) is 23.0 Å². The monoisotopic (exact) mass is 482 g/mol. The number of allylic oxidation sites excluding steroid dienone is 1. The van der Waals surface area contributed by atoms with Crippen LogP contribution in [-0.2, 0) is 6.54 Å². The molecule has 0 fully saturated rings. The molecule has 1 atom stereocenters. The minimum absolute atomic E-state index is 0.0307. The van der Waals surface area contributed by atoms with E-state index in [4.69, 9.17) is 24.7 Å². The fourth-order valence-corrected chi connectivity index (χ4v) is 4.56. The van der Waals surface area contributed by atoms with Gasteiger partial charge in [0.15, 0.2) is 11.5 Å². The van der Waals surface area contributed by atoms with Gasteiger partial charge in [0.1, 0.15) is 17.4 Å². The van der Waals surface area contributed by atoms with Crippen LogP contribution in [0.2, 0.25) is 0 Å². The number of ether oxygens (including phenoxy) is 4. The van der Waals surface area contributed by atoms with E-state index in [0.717, 1.165) is 31.7 Å². The molecule has 35 heavy (non-hydrogen) atoms. The molecule has 1 aliphatic heterocycles. The number of nitrogens with zero attached hydrogens (tertiary/aromatic N) is 3. The van der Waals surface area contributed by atoms with E-state index in [1.54, 1.807) is 22.8 Å². The fraction of sp³-hybridized carbons (Fsp3) is 0.462. The standard InChI is InChI=1S/C26H34N4O5/c1-7-29(8-2)10-9-11-30-16(3)12-19-23(26(30)31)22(18(15-27)25(28)35-19)17-13-20(32-4)24(34-6)21(14-17)33-5/h12-14,22H,7-11,28H2,1-6H3/t22-/m1/s1. The molecule has 0 radical (unpaired) electrons. The van der Waals surface area contributed by atoms with Crippen molar-refractivity contribution in [3.05, 3.63) is 56.8 Å². The van der Waals surface area contributed by atoms with Crippen molar-refractivity contribution in [2.45, 2.75) is 39.7 Å². The first kappa shape index (κ1) is 26.0. The zero-order chi connectivity index (χ0) is 25.7. The first-order chi connectivity index (χ1) is 16.8. The summed E-state index contributed by atoms with van der Waals surface area (Å²) in [6, 6.07) is 7.41. The molecular weight excluding hydrogens is 448 g/mol. The Morgan fingerprint density at radius 3 is 2.26 bits per heavy atom. The number of rotatable bonds is 10. The van der Waals surface area contributed by atoms with Gasteiger partial charge in [0.05, 0.1) is 32.8 Å². The van der Waals surface area contributed by atoms with Gasteiger partial charge in [-0.15, -0.1) is 0 Å². The van der Waals surface area contributed by atoms with E-state index < -0.39 is 5.92 Å². The maximum atomic E-state index is 13.8. The summed E-state index contributed by atoms with van der Waals surface area (Å²) in [5.74, 6) is 0.813. The quantitative estimate of drug-likeness (QED) is 0.550. The van der Waals surface area contributed by atoms with Gasteiger partial charge >= 0.3 is 0 Å². The summed E-state index contributed by atoms with van der Waals surface area (Å²) in [7, 11) is 4.54. The number of aryl methyl sites for hydroxylation is 1. The third-order valence-corrected chi connectivity index (χ3v) is 6.46. The van der Waals surface area contributed by atoms with E-state index in [-0.39, 0.29) is 17.0 Å². The third-order valence-electron chi connectivity index (χ3n) is 6.46. The molecule has 9 heteroatoms. The molecule has 9 nitrogen and oxygen atoms in total. The second-order valence-electron chi connectivity index (χ2n) is 8.28. The fourth-order valence-electron chi connectivity index (χ4n) is 4.56. The van der Waals surface area contributed by atoms with Crippen LogP contribution in [0.1, 0.15) is 43.0 Å². The van der Waals surface area contributed by atoms with Crippen molar-refractivity contribution in [3.63, 3.8) is 0 Å². The summed E-state index contributed by atoms with van der Waals surface area (Å²) >= 11 is 0. The van der Waals surface area contributed by atoms with Gasteiger partial charge in [-0.1, -0.05) is 13.8 Å². The smallest absolute Gasteiger partial charge is 0.258 e. The van der Waals surface area contributed by atoms with Crippen molar-refractivity contribution in [3.8, 4) is 29.1 Å². The molecule has 2 aromatic rings. The Morgan fingerprint density at radius 2 is 1.74 bits per heavy atom. The third kappa shape index (κ3) is 4.93. The molecule has 2 heterocycles. The summed E-state index contributed by atoms with van der Waals surface area (Å²) < 4.78 is 24.0. The van der Waals surface area contributed by atoms with Crippen LogP contribution in [0.4, 0.5) is 0 Å². The normalized spacial score (nSPS) is 14.9. The van der Waals surface area contributed by atoms with Crippen molar-refractivity contribution in [2.75, 3.05) is 41.0 Å². The Balaban J connectivity index is 2.18. The van der Waals surface area contributed by atoms with Crippen LogP contribution in [0.15, 0.2) is 34.4 Å². The van der Waals surface area contributed by atoms with Gasteiger partial charge in [0, 0.05) is 18.3 Å². The van der Waals surface area contributed by atoms with Crippen molar-refractivity contribution >= 4 is 0 Å². The molecular formula is C26H34N4O5. The number of benzene rings is 1. The number of methoxy groups -OCH3 is 3. The first-order valence-corrected chi connectivity index (χ1v) is 11.7. The molecule has 3 rings (SSSR count). The van der Waals surface area contributed by atoms with Crippen LogP contribution >= 0.6 is 0 Å². The molecule has 0 unspecified atom stereocenters. The van der Waals surface area contributed by atoms with Crippen LogP contribution in [-0.4, -0.2) is 50.4 Å². The summed E-state index contributed by atoms with van der Waals surface area (Å²) in [6.07, 6.45) is 0.819. The SMILES string of the molecule is CCN(CC)CCCn1c(C)cc2c(c1=O)[C@H](c1cc(OC)c(OC)c(OC)c1)C(C#N)=C(N)O2. The Morgan fingerprint density at radius 1 is 1.11 bits per heavy atom. The van der Waals surface area contributed by atoms with Crippen LogP contribution < -0.4 is 30.2 Å². The van der Waals surface area contributed by atoms with Gasteiger partial charge in [-0.3, -0.25) is 4.79 Å². The molecule has 1 aliphatic rings. The summed E-state index contributed by atoms with van der Waals surface area (Å²) in [5, 5.41) is 9.97. The topological polar surface area (TPSA) is 112 Å². The molecule has 0 aliphatic carbocycles. The van der Waals surface area contributed by atoms with Crippen LogP contribution in [0.3, 0.4) is 0 Å². The molecule has 1 aromatic carbocycles. The van der Waals surface area contributed by atoms with Crippen molar-refractivity contribution in [1.29, 1.82) is 5.26 Å². The van der Waals surface area contributed by atoms with Gasteiger partial charge in [-0.25, -0.2) is 0 Å². The van der Waals surface area contributed by atoms with Crippen molar-refractivity contribution in [2.24, 2.45) is 5.73 Å². The number of hydrogen-bond donors (Lipinski definition) is 1. The molecule has 0 saturated heterocycles. The lowest BCUT2D eigenvalue weighted by molar-refractivity contribution is 0.292. The number of nitriles is 1. The predicted octanol–water partition coefficient (Wildman–Crippen LogP) is 3.13. The highest BCUT2D eigenvalue weighted by molar-refractivity contribution is 5.61. The average molecular weight is 483 g/mol. The Labute approximate surface area is 206 Å². The highest BCUT2D eigenvalue weighted by Crippen LogP contribution is 2.46. The maximum absolute atomic E-state index is 13.8. The van der Waals surface area contributed by atoms with Crippen molar-refractivity contribution < 1.29 is 18.9 Å². The molecule has 188 valence electrons. The van der Waals surface area contributed by atoms with Gasteiger partial charge in [0.2, 0.25) is 11.6 Å². The Kier molecular flexibility index (Phi) is 8.30. The van der Waals surface area contributed by atoms with E-state index in [9.17, 15) is 10.1 Å². The molecule has 0 spiro atoms. The summed E-state index contributed by atoms with van der Waals surface area (Å²) in [4.78, 5) is 16.2. The van der Waals surface area contributed by atoms with E-state index in [0.29, 0.717) is 40.7 Å². The highest BCUT2D eigenvalue weighted by Gasteiger charge is 2.35. The zero-order valence-corrected chi connectivity index (χ0v) is 21.3. The van der Waals surface area contributed by atoms with E-state index in [2.05, 4.69) is 24.8 Å². The number of pyridine rings is 1. The second-order valence-corrected chi connectivity index (χ2v) is 8.28. The van der Waals surface area contributed by atoms with E-state index >= 15 is 0 Å². The lowest BCUT2D eigenvalue weighted by Gasteiger charge is -2.28. The lowest BCUT2D eigenvalue weighted by atomic mass is 9.83. The van der Waals surface area contributed by atoms with Crippen molar-refractivity contribution in [1.82, 2.24) is 9.47 Å². The average Bonchev–Trinajstić information content (AvgIpc) is 2.86. The number of aromatic nitrogens is 1. The van der Waals surface area contributed by atoms with Gasteiger partial charge < -0.3 is 34.1 Å². The van der Waals surface area contributed by atoms with E-state index in [1.807, 2.05) is 6.92 Å². The largest absolute Gasteiger partial charge is 0.493 e. The van der Waals surface area contributed by atoms with Gasteiger partial charge in [0.25, 0.3) is 5.56 Å². The minimum atomic E-state index is -0.750. The molecule has 0 amide bonds. The molecule has 2 N–H and O–H groups in total. The molecule has 0 bridgehead atoms. The summed E-state index contributed by atoms with van der Waals surface area (Å²) in [5.41, 5.74) is 7.83. The maximum Gasteiger partial charge on any atom is 0.258 e. The highest BCUT2D eigenvalue weighted by atomic mass is 16.5. The summed E-state index contributed by atoms with van der Waals surface area (Å²) in [6.45, 7) is 9.48. The number of hydrogen-bond acceptors (Lipinski definition) is 8. The van der Waals surface area contributed by atoms with E-state index in [1.165, 1.54) is 21.3 Å². The molecule has 0 saturated carbocycles. The first-order valence-electron chi connectivity index (χ1n) is 11.7. The zero-order valence-electron chi connectivity index (χ0n) is 21.3. The minimum Gasteiger partial charge on any atom is -0.493 e. The molecule has 1 aromatic heterocycles. The lowest BCUT2D eigenvalue weighted by Crippen LogP contribution is -2.33. The van der Waals surface area contributed by atoms with Crippen LogP contribution in [0.25, 0.3) is 0 Å². The number of nitrogens with two attached hydrogens (primary N) is 1. The Hall–Kier alpha value is -3.64. The second kappa shape index (κ2) is 11.2. The van der Waals surface area contributed by atoms with Gasteiger partial charge in [-0.05, 0) is 50.7 Å². The van der Waals surface area contributed by atoms with Crippen LogP contribution in [0, 0.1) is 18.3 Å².